The Balaban J connectivity index is 4.29. The Labute approximate surface area is 519 Å². The molecule has 0 aromatic carbocycles. The number of rotatable bonds is 71. The van der Waals surface area contributed by atoms with Crippen molar-refractivity contribution in [2.75, 3.05) is 13.2 Å². The average molecular weight is 1170 g/mol. The smallest absolute Gasteiger partial charge is 0.306 e. The highest BCUT2D eigenvalue weighted by Gasteiger charge is 2.20. The zero-order valence-corrected chi connectivity index (χ0v) is 56.5. The number of allylic oxidation sites excluding steroid dienone is 4. The van der Waals surface area contributed by atoms with Crippen LogP contribution in [0.3, 0.4) is 0 Å². The third kappa shape index (κ3) is 70.5. The number of carbonyl (C=O) groups is 3. The summed E-state index contributed by atoms with van der Waals surface area (Å²) in [4.78, 5) is 38.6. The Morgan fingerprint density at radius 2 is 0.434 bits per heavy atom. The number of hydrogen-bond donors (Lipinski definition) is 0. The lowest BCUT2D eigenvalue weighted by molar-refractivity contribution is -0.167. The molecule has 1 unspecified atom stereocenters. The van der Waals surface area contributed by atoms with Crippen LogP contribution in [0.4, 0.5) is 0 Å². The minimum Gasteiger partial charge on any atom is -0.462 e. The SMILES string of the molecule is CCCCCCC/C=C\C/C=C\CCCCCCCCCCCC(=O)OC(COC(=O)CCCCCCCCCCCCCCCCCCCCCC)COC(=O)CCCCCCCCCCCCCCCCCCCCCCCCCC. The van der Waals surface area contributed by atoms with Crippen molar-refractivity contribution in [2.45, 2.75) is 438 Å². The van der Waals surface area contributed by atoms with Crippen LogP contribution in [0.1, 0.15) is 432 Å². The molecule has 0 aliphatic rings. The van der Waals surface area contributed by atoms with Gasteiger partial charge in [-0.3, -0.25) is 14.4 Å². The van der Waals surface area contributed by atoms with Crippen molar-refractivity contribution >= 4 is 17.9 Å². The Morgan fingerprint density at radius 1 is 0.241 bits per heavy atom. The van der Waals surface area contributed by atoms with Crippen LogP contribution in [0, 0.1) is 0 Å². The molecule has 0 aliphatic heterocycles. The zero-order chi connectivity index (χ0) is 59.9. The van der Waals surface area contributed by atoms with Gasteiger partial charge in [-0.05, 0) is 51.4 Å². The predicted octanol–water partition coefficient (Wildman–Crippen LogP) is 26.1. The zero-order valence-electron chi connectivity index (χ0n) is 56.5. The summed E-state index contributed by atoms with van der Waals surface area (Å²) in [5, 5.41) is 0. The van der Waals surface area contributed by atoms with Crippen molar-refractivity contribution in [3.05, 3.63) is 24.3 Å². The van der Waals surface area contributed by atoms with Gasteiger partial charge in [0.05, 0.1) is 0 Å². The summed E-state index contributed by atoms with van der Waals surface area (Å²) in [6.07, 6.45) is 89.3. The third-order valence-electron chi connectivity index (χ3n) is 17.5. The lowest BCUT2D eigenvalue weighted by Gasteiger charge is -2.18. The van der Waals surface area contributed by atoms with Crippen LogP contribution in [0.2, 0.25) is 0 Å². The van der Waals surface area contributed by atoms with E-state index in [1.165, 1.54) is 327 Å². The molecule has 0 heterocycles. The van der Waals surface area contributed by atoms with E-state index in [0.717, 1.165) is 64.2 Å². The van der Waals surface area contributed by atoms with Crippen molar-refractivity contribution in [3.8, 4) is 0 Å². The first-order chi connectivity index (χ1) is 41.0. The molecule has 0 rings (SSSR count). The predicted molar refractivity (Wildman–Crippen MR) is 363 cm³/mol. The van der Waals surface area contributed by atoms with Gasteiger partial charge in [-0.2, -0.15) is 0 Å². The molecule has 6 nitrogen and oxygen atoms in total. The van der Waals surface area contributed by atoms with Crippen LogP contribution in [-0.2, 0) is 28.6 Å². The first kappa shape index (κ1) is 80.9. The molecular formula is C77H146O6. The quantitative estimate of drug-likeness (QED) is 0.0261. The van der Waals surface area contributed by atoms with Crippen LogP contribution in [-0.4, -0.2) is 37.2 Å². The number of esters is 3. The molecule has 0 aromatic rings. The number of unbranched alkanes of at least 4 members (excludes halogenated alkanes) is 56. The molecule has 490 valence electrons. The molecule has 0 aliphatic carbocycles. The fourth-order valence-corrected chi connectivity index (χ4v) is 11.8. The van der Waals surface area contributed by atoms with Gasteiger partial charge < -0.3 is 14.2 Å². The highest BCUT2D eigenvalue weighted by Crippen LogP contribution is 2.19. The second-order valence-corrected chi connectivity index (χ2v) is 25.9. The lowest BCUT2D eigenvalue weighted by Crippen LogP contribution is -2.30. The first-order valence-corrected chi connectivity index (χ1v) is 37.8. The highest BCUT2D eigenvalue weighted by atomic mass is 16.6. The number of ether oxygens (including phenoxy) is 3. The maximum atomic E-state index is 13.0. The monoisotopic (exact) mass is 1170 g/mol. The van der Waals surface area contributed by atoms with E-state index in [2.05, 4.69) is 45.1 Å². The number of hydrogen-bond acceptors (Lipinski definition) is 6. The maximum absolute atomic E-state index is 13.0. The van der Waals surface area contributed by atoms with Crippen molar-refractivity contribution in [1.29, 1.82) is 0 Å². The summed E-state index contributed by atoms with van der Waals surface area (Å²) in [5.41, 5.74) is 0. The Hall–Kier alpha value is -2.11. The van der Waals surface area contributed by atoms with Crippen molar-refractivity contribution in [2.24, 2.45) is 0 Å². The Kier molecular flexibility index (Phi) is 70.5. The largest absolute Gasteiger partial charge is 0.462 e. The lowest BCUT2D eigenvalue weighted by atomic mass is 10.0. The van der Waals surface area contributed by atoms with E-state index >= 15 is 0 Å². The van der Waals surface area contributed by atoms with E-state index in [1.54, 1.807) is 0 Å². The van der Waals surface area contributed by atoms with Gasteiger partial charge in [0.25, 0.3) is 0 Å². The standard InChI is InChI=1S/C77H146O6/c1-4-7-10-13-16-19-22-25-28-31-34-37-38-39-41-43-46-49-52-55-58-61-64-67-70-76(79)82-73-74(72-81-75(78)69-66-63-60-57-54-51-48-45-42-36-33-30-27-24-21-18-15-12-9-6-3)83-77(80)71-68-65-62-59-56-53-50-47-44-40-35-32-29-26-23-20-17-14-11-8-5-2/h23,26,32,35,74H,4-22,24-25,27-31,33-34,36-73H2,1-3H3/b26-23-,35-32-. The molecule has 0 saturated heterocycles. The fraction of sp³-hybridized carbons (Fsp3) is 0.909. The maximum Gasteiger partial charge on any atom is 0.306 e. The second-order valence-electron chi connectivity index (χ2n) is 25.9. The van der Waals surface area contributed by atoms with Crippen molar-refractivity contribution in [1.82, 2.24) is 0 Å². The van der Waals surface area contributed by atoms with Gasteiger partial charge >= 0.3 is 17.9 Å². The van der Waals surface area contributed by atoms with Gasteiger partial charge in [0.2, 0.25) is 0 Å². The Bertz CT molecular complexity index is 1340. The molecule has 0 saturated carbocycles. The molecule has 0 spiro atoms. The van der Waals surface area contributed by atoms with Crippen molar-refractivity contribution < 1.29 is 28.6 Å². The molecule has 6 heteroatoms. The second kappa shape index (κ2) is 72.4. The molecule has 1 atom stereocenters. The minimum absolute atomic E-state index is 0.0660. The molecule has 83 heavy (non-hydrogen) atoms. The van der Waals surface area contributed by atoms with Gasteiger partial charge in [-0.1, -0.05) is 385 Å². The van der Waals surface area contributed by atoms with Crippen molar-refractivity contribution in [3.63, 3.8) is 0 Å². The first-order valence-electron chi connectivity index (χ1n) is 37.8. The molecular weight excluding hydrogens is 1020 g/mol. The van der Waals surface area contributed by atoms with Gasteiger partial charge in [-0.15, -0.1) is 0 Å². The number of carbonyl (C=O) groups excluding carboxylic acids is 3. The Morgan fingerprint density at radius 3 is 0.663 bits per heavy atom. The van der Waals surface area contributed by atoms with Crippen LogP contribution in [0.25, 0.3) is 0 Å². The highest BCUT2D eigenvalue weighted by molar-refractivity contribution is 5.71. The summed E-state index contributed by atoms with van der Waals surface area (Å²) >= 11 is 0. The molecule has 0 amide bonds. The fourth-order valence-electron chi connectivity index (χ4n) is 11.8. The molecule has 0 bridgehead atoms. The topological polar surface area (TPSA) is 78.9 Å². The molecule has 0 radical (unpaired) electrons. The average Bonchev–Trinajstić information content (AvgIpc) is 3.49. The van der Waals surface area contributed by atoms with E-state index in [4.69, 9.17) is 14.2 Å². The van der Waals surface area contributed by atoms with Gasteiger partial charge in [0.15, 0.2) is 6.10 Å². The van der Waals surface area contributed by atoms with E-state index in [0.29, 0.717) is 19.3 Å². The summed E-state index contributed by atoms with van der Waals surface area (Å²) in [6, 6.07) is 0. The van der Waals surface area contributed by atoms with Gasteiger partial charge in [-0.25, -0.2) is 0 Å². The van der Waals surface area contributed by atoms with E-state index in [9.17, 15) is 14.4 Å². The van der Waals surface area contributed by atoms with E-state index in [-0.39, 0.29) is 31.1 Å². The minimum atomic E-state index is -0.772. The third-order valence-corrected chi connectivity index (χ3v) is 17.5. The van der Waals surface area contributed by atoms with E-state index in [1.807, 2.05) is 0 Å². The molecule has 0 aromatic heterocycles. The van der Waals surface area contributed by atoms with Crippen LogP contribution < -0.4 is 0 Å². The van der Waals surface area contributed by atoms with E-state index < -0.39 is 6.10 Å². The summed E-state index contributed by atoms with van der Waals surface area (Å²) in [5.74, 6) is -0.831. The van der Waals surface area contributed by atoms with Crippen LogP contribution >= 0.6 is 0 Å². The summed E-state index contributed by atoms with van der Waals surface area (Å²) in [7, 11) is 0. The van der Waals surface area contributed by atoms with Crippen LogP contribution in [0.15, 0.2) is 24.3 Å². The van der Waals surface area contributed by atoms with Gasteiger partial charge in [0, 0.05) is 19.3 Å². The van der Waals surface area contributed by atoms with Gasteiger partial charge in [0.1, 0.15) is 13.2 Å². The normalized spacial score (nSPS) is 12.1. The molecule has 0 N–H and O–H groups in total. The summed E-state index contributed by atoms with van der Waals surface area (Å²) < 4.78 is 17.1. The summed E-state index contributed by atoms with van der Waals surface area (Å²) in [6.45, 7) is 6.73. The van der Waals surface area contributed by atoms with Crippen LogP contribution in [0.5, 0.6) is 0 Å². The molecule has 0 fully saturated rings.